The molecule has 0 unspecified atom stereocenters. The van der Waals surface area contributed by atoms with Crippen LogP contribution in [0, 0.1) is 0 Å². The van der Waals surface area contributed by atoms with E-state index in [0.29, 0.717) is 11.3 Å². The molecule has 0 radical (unpaired) electrons. The van der Waals surface area contributed by atoms with Gasteiger partial charge in [-0.1, -0.05) is 12.1 Å². The second-order valence-electron chi connectivity index (χ2n) is 6.78. The maximum atomic E-state index is 12.6. The largest absolute Gasteiger partial charge is 0.485 e. The molecule has 4 rings (SSSR count). The number of Topliss-reactive ketones (excluding diaryl/α,β-unsaturated/α-hetero) is 1. The van der Waals surface area contributed by atoms with Gasteiger partial charge in [-0.2, -0.15) is 5.10 Å². The number of carbonyl (C=O) groups excluding carboxylic acids is 1. The fourth-order valence-electron chi connectivity index (χ4n) is 3.15. The third kappa shape index (κ3) is 4.78. The molecule has 1 N–H and O–H groups in total. The first-order valence-corrected chi connectivity index (χ1v) is 10.0. The van der Waals surface area contributed by atoms with Crippen LogP contribution in [-0.4, -0.2) is 27.1 Å². The molecule has 0 saturated heterocycles. The Morgan fingerprint density at radius 2 is 2.07 bits per heavy atom. The molecule has 0 amide bonds. The van der Waals surface area contributed by atoms with Gasteiger partial charge in [0.05, 0.1) is 11.9 Å². The van der Waals surface area contributed by atoms with Crippen molar-refractivity contribution >= 4 is 21.7 Å². The van der Waals surface area contributed by atoms with Gasteiger partial charge in [-0.15, -0.1) is 0 Å². The van der Waals surface area contributed by atoms with Gasteiger partial charge in [-0.3, -0.25) is 14.6 Å². The molecule has 1 aliphatic rings. The highest BCUT2D eigenvalue weighted by Crippen LogP contribution is 2.17. The van der Waals surface area contributed by atoms with E-state index in [4.69, 9.17) is 4.74 Å². The van der Waals surface area contributed by atoms with Gasteiger partial charge in [0, 0.05) is 28.8 Å². The molecule has 0 bridgehead atoms. The van der Waals surface area contributed by atoms with Crippen molar-refractivity contribution in [2.45, 2.75) is 26.1 Å². The van der Waals surface area contributed by atoms with Crippen LogP contribution < -0.4 is 15.6 Å². The molecule has 0 atom stereocenters. The van der Waals surface area contributed by atoms with E-state index < -0.39 is 0 Å². The van der Waals surface area contributed by atoms with E-state index in [1.54, 1.807) is 6.20 Å². The zero-order chi connectivity index (χ0) is 20.2. The van der Waals surface area contributed by atoms with E-state index in [2.05, 4.69) is 31.3 Å². The molecular weight excluding hydrogens is 436 g/mol. The number of aromatic nitrogens is 3. The summed E-state index contributed by atoms with van der Waals surface area (Å²) >= 11 is 3.33. The number of hydrogen-bond donors (Lipinski definition) is 1. The summed E-state index contributed by atoms with van der Waals surface area (Å²) in [7, 11) is 0. The summed E-state index contributed by atoms with van der Waals surface area (Å²) in [5.74, 6) is 0.184. The number of halogens is 1. The summed E-state index contributed by atoms with van der Waals surface area (Å²) < 4.78 is 7.60. The third-order valence-corrected chi connectivity index (χ3v) is 5.20. The van der Waals surface area contributed by atoms with Gasteiger partial charge >= 0.3 is 0 Å². The standard InChI is InChI=1S/C21H19BrN4O3/c22-17-3-4-18(24-10-17)13-29-19-8-21(28)26(25-11-19)12-20(27)15-2-1-14-5-6-23-9-16(14)7-15/h1-4,7-8,10-11,23H,5-6,9,12-13H2. The highest BCUT2D eigenvalue weighted by Gasteiger charge is 2.14. The lowest BCUT2D eigenvalue weighted by Crippen LogP contribution is -2.27. The lowest BCUT2D eigenvalue weighted by atomic mass is 9.97. The Bertz CT molecular complexity index is 1100. The summed E-state index contributed by atoms with van der Waals surface area (Å²) in [6, 6.07) is 10.7. The SMILES string of the molecule is O=C(Cn1ncc(OCc2ccc(Br)cn2)cc1=O)c1ccc2c(c1)CNCC2. The molecule has 0 spiro atoms. The second kappa shape index (κ2) is 8.67. The minimum atomic E-state index is -0.390. The number of ketones is 1. The van der Waals surface area contributed by atoms with Gasteiger partial charge in [-0.25, -0.2) is 4.68 Å². The smallest absolute Gasteiger partial charge is 0.270 e. The molecule has 148 valence electrons. The minimum Gasteiger partial charge on any atom is -0.485 e. The number of nitrogens with one attached hydrogen (secondary N) is 1. The molecule has 29 heavy (non-hydrogen) atoms. The van der Waals surface area contributed by atoms with E-state index in [0.717, 1.165) is 39.9 Å². The second-order valence-corrected chi connectivity index (χ2v) is 7.69. The topological polar surface area (TPSA) is 86.1 Å². The van der Waals surface area contributed by atoms with Crippen molar-refractivity contribution in [3.8, 4) is 5.75 Å². The zero-order valence-corrected chi connectivity index (χ0v) is 17.2. The maximum absolute atomic E-state index is 12.6. The highest BCUT2D eigenvalue weighted by atomic mass is 79.9. The van der Waals surface area contributed by atoms with Crippen LogP contribution in [0.1, 0.15) is 27.2 Å². The maximum Gasteiger partial charge on any atom is 0.270 e. The van der Waals surface area contributed by atoms with Crippen molar-refractivity contribution in [2.24, 2.45) is 0 Å². The molecule has 2 aromatic heterocycles. The fraction of sp³-hybridized carbons (Fsp3) is 0.238. The summed E-state index contributed by atoms with van der Waals surface area (Å²) in [5, 5.41) is 7.37. The van der Waals surface area contributed by atoms with Gasteiger partial charge in [0.2, 0.25) is 0 Å². The normalized spacial score (nSPS) is 13.0. The third-order valence-electron chi connectivity index (χ3n) is 4.73. The average Bonchev–Trinajstić information content (AvgIpc) is 2.74. The molecule has 0 saturated carbocycles. The number of pyridine rings is 1. The van der Waals surface area contributed by atoms with Gasteiger partial charge in [0.15, 0.2) is 5.78 Å². The number of carbonyl (C=O) groups is 1. The lowest BCUT2D eigenvalue weighted by Gasteiger charge is -2.17. The fourth-order valence-corrected chi connectivity index (χ4v) is 3.38. The van der Waals surface area contributed by atoms with Crippen LogP contribution in [-0.2, 0) is 26.1 Å². The molecule has 7 nitrogen and oxygen atoms in total. The van der Waals surface area contributed by atoms with Gasteiger partial charge in [-0.05, 0) is 58.2 Å². The van der Waals surface area contributed by atoms with E-state index in [1.165, 1.54) is 17.8 Å². The minimum absolute atomic E-state index is 0.112. The van der Waals surface area contributed by atoms with Crippen LogP contribution in [0.3, 0.4) is 0 Å². The number of fused-ring (bicyclic) bond motifs is 1. The Kier molecular flexibility index (Phi) is 5.82. The molecule has 3 aromatic rings. The molecule has 1 aromatic carbocycles. The van der Waals surface area contributed by atoms with Crippen molar-refractivity contribution < 1.29 is 9.53 Å². The first-order valence-electron chi connectivity index (χ1n) is 9.24. The molecule has 0 fully saturated rings. The predicted molar refractivity (Wildman–Crippen MR) is 111 cm³/mol. The van der Waals surface area contributed by atoms with E-state index >= 15 is 0 Å². The number of hydrogen-bond acceptors (Lipinski definition) is 6. The molecule has 1 aliphatic heterocycles. The van der Waals surface area contributed by atoms with Crippen molar-refractivity contribution in [3.05, 3.63) is 86.0 Å². The van der Waals surface area contributed by atoms with Crippen LogP contribution in [0.5, 0.6) is 5.75 Å². The Morgan fingerprint density at radius 3 is 2.86 bits per heavy atom. The van der Waals surface area contributed by atoms with Crippen LogP contribution in [0.25, 0.3) is 0 Å². The quantitative estimate of drug-likeness (QED) is 0.575. The Morgan fingerprint density at radius 1 is 1.17 bits per heavy atom. The molecule has 0 aliphatic carbocycles. The van der Waals surface area contributed by atoms with Crippen molar-refractivity contribution in [3.63, 3.8) is 0 Å². The van der Waals surface area contributed by atoms with E-state index in [-0.39, 0.29) is 24.5 Å². The number of ether oxygens (including phenoxy) is 1. The predicted octanol–water partition coefficient (Wildman–Crippen LogP) is 2.51. The van der Waals surface area contributed by atoms with Crippen LogP contribution in [0.15, 0.2) is 58.1 Å². The molecule has 8 heteroatoms. The first kappa shape index (κ1) is 19.5. The summed E-state index contributed by atoms with van der Waals surface area (Å²) in [6.07, 6.45) is 4.07. The summed E-state index contributed by atoms with van der Waals surface area (Å²) in [5.41, 5.74) is 3.32. The van der Waals surface area contributed by atoms with Gasteiger partial charge in [0.1, 0.15) is 18.9 Å². The summed E-state index contributed by atoms with van der Waals surface area (Å²) in [6.45, 7) is 1.82. The van der Waals surface area contributed by atoms with Crippen molar-refractivity contribution in [1.82, 2.24) is 20.1 Å². The Balaban J connectivity index is 1.42. The van der Waals surface area contributed by atoms with Crippen molar-refractivity contribution in [2.75, 3.05) is 6.54 Å². The lowest BCUT2D eigenvalue weighted by molar-refractivity contribution is 0.0965. The number of rotatable bonds is 6. The van der Waals surface area contributed by atoms with E-state index in [1.807, 2.05) is 30.3 Å². The Labute approximate surface area is 175 Å². The number of benzene rings is 1. The first-order chi connectivity index (χ1) is 14.1. The highest BCUT2D eigenvalue weighted by molar-refractivity contribution is 9.10. The number of nitrogens with zero attached hydrogens (tertiary/aromatic N) is 3. The van der Waals surface area contributed by atoms with E-state index in [9.17, 15) is 9.59 Å². The average molecular weight is 455 g/mol. The van der Waals surface area contributed by atoms with Crippen molar-refractivity contribution in [1.29, 1.82) is 0 Å². The molecule has 3 heterocycles. The van der Waals surface area contributed by atoms with Gasteiger partial charge < -0.3 is 10.1 Å². The van der Waals surface area contributed by atoms with Gasteiger partial charge in [0.25, 0.3) is 5.56 Å². The Hall–Kier alpha value is -2.84. The molecular formula is C21H19BrN4O3. The summed E-state index contributed by atoms with van der Waals surface area (Å²) in [4.78, 5) is 29.2. The van der Waals surface area contributed by atoms with Crippen LogP contribution in [0.2, 0.25) is 0 Å². The van der Waals surface area contributed by atoms with Crippen LogP contribution >= 0.6 is 15.9 Å². The monoisotopic (exact) mass is 454 g/mol. The van der Waals surface area contributed by atoms with Crippen LogP contribution in [0.4, 0.5) is 0 Å². The zero-order valence-electron chi connectivity index (χ0n) is 15.6.